The molecule has 0 spiro atoms. The molecule has 15 heavy (non-hydrogen) atoms. The Balaban J connectivity index is 4.24. The summed E-state index contributed by atoms with van der Waals surface area (Å²) >= 11 is 5.70. The van der Waals surface area contributed by atoms with Crippen LogP contribution < -0.4 is 5.32 Å². The highest BCUT2D eigenvalue weighted by Crippen LogP contribution is 2.17. The molecule has 0 heterocycles. The van der Waals surface area contributed by atoms with Crippen LogP contribution in [0.4, 0.5) is 0 Å². The van der Waals surface area contributed by atoms with Gasteiger partial charge in [-0.05, 0) is 26.2 Å². The zero-order valence-electron chi connectivity index (χ0n) is 10.0. The van der Waals surface area contributed by atoms with Crippen LogP contribution in [0, 0.1) is 11.3 Å². The van der Waals surface area contributed by atoms with Crippen LogP contribution in [0.3, 0.4) is 0 Å². The standard InChI is InChI=1S/C11H22ClNO2/c1-8(2)5-9(6-14)13-10(15)11(3,4)7-12/h8-9,14H,5-7H2,1-4H3,(H,13,15). The number of aliphatic hydroxyl groups is 1. The van der Waals surface area contributed by atoms with E-state index in [1.165, 1.54) is 0 Å². The van der Waals surface area contributed by atoms with Crippen LogP contribution in [-0.4, -0.2) is 29.5 Å². The third-order valence-electron chi connectivity index (χ3n) is 2.26. The molecule has 3 nitrogen and oxygen atoms in total. The molecule has 0 aliphatic heterocycles. The lowest BCUT2D eigenvalue weighted by Gasteiger charge is -2.25. The number of carbonyl (C=O) groups is 1. The number of halogens is 1. The maximum atomic E-state index is 11.7. The minimum Gasteiger partial charge on any atom is -0.394 e. The molecule has 0 rings (SSSR count). The van der Waals surface area contributed by atoms with E-state index in [9.17, 15) is 4.79 Å². The fourth-order valence-electron chi connectivity index (χ4n) is 1.19. The summed E-state index contributed by atoms with van der Waals surface area (Å²) in [7, 11) is 0. The normalized spacial score (nSPS) is 14.1. The summed E-state index contributed by atoms with van der Waals surface area (Å²) in [5.74, 6) is 0.623. The number of aliphatic hydroxyl groups excluding tert-OH is 1. The van der Waals surface area contributed by atoms with Gasteiger partial charge in [-0.25, -0.2) is 0 Å². The van der Waals surface area contributed by atoms with Gasteiger partial charge in [-0.15, -0.1) is 11.6 Å². The molecule has 0 radical (unpaired) electrons. The zero-order valence-corrected chi connectivity index (χ0v) is 10.8. The second-order valence-corrected chi connectivity index (χ2v) is 5.27. The van der Waals surface area contributed by atoms with E-state index < -0.39 is 5.41 Å². The lowest BCUT2D eigenvalue weighted by molar-refractivity contribution is -0.129. The Morgan fingerprint density at radius 1 is 1.47 bits per heavy atom. The van der Waals surface area contributed by atoms with Crippen molar-refractivity contribution >= 4 is 17.5 Å². The fourth-order valence-corrected chi connectivity index (χ4v) is 1.31. The maximum absolute atomic E-state index is 11.7. The van der Waals surface area contributed by atoms with Gasteiger partial charge in [0.05, 0.1) is 18.1 Å². The molecule has 0 bridgehead atoms. The third kappa shape index (κ3) is 5.38. The first-order valence-corrected chi connectivity index (χ1v) is 5.84. The zero-order chi connectivity index (χ0) is 12.1. The number of amides is 1. The minimum absolute atomic E-state index is 0.0255. The largest absolute Gasteiger partial charge is 0.394 e. The van der Waals surface area contributed by atoms with Gasteiger partial charge in [0.1, 0.15) is 0 Å². The van der Waals surface area contributed by atoms with Crippen LogP contribution in [0.15, 0.2) is 0 Å². The quantitative estimate of drug-likeness (QED) is 0.690. The Hall–Kier alpha value is -0.280. The van der Waals surface area contributed by atoms with Gasteiger partial charge in [0.15, 0.2) is 0 Å². The highest BCUT2D eigenvalue weighted by molar-refractivity contribution is 6.19. The number of hydrogen-bond acceptors (Lipinski definition) is 2. The molecule has 1 atom stereocenters. The molecular formula is C11H22ClNO2. The number of rotatable bonds is 6. The second-order valence-electron chi connectivity index (χ2n) is 5.00. The van der Waals surface area contributed by atoms with Crippen molar-refractivity contribution in [1.29, 1.82) is 0 Å². The van der Waals surface area contributed by atoms with Crippen molar-refractivity contribution in [2.45, 2.75) is 40.2 Å². The van der Waals surface area contributed by atoms with Crippen molar-refractivity contribution in [3.8, 4) is 0 Å². The number of hydrogen-bond donors (Lipinski definition) is 2. The number of carbonyl (C=O) groups excluding carboxylic acids is 1. The van der Waals surface area contributed by atoms with Gasteiger partial charge in [-0.1, -0.05) is 13.8 Å². The summed E-state index contributed by atoms with van der Waals surface area (Å²) in [6.45, 7) is 7.67. The van der Waals surface area contributed by atoms with Crippen LogP contribution in [0.25, 0.3) is 0 Å². The molecule has 0 aromatic carbocycles. The predicted molar refractivity (Wildman–Crippen MR) is 63.0 cm³/mol. The monoisotopic (exact) mass is 235 g/mol. The first-order valence-electron chi connectivity index (χ1n) is 5.31. The molecule has 0 aliphatic carbocycles. The SMILES string of the molecule is CC(C)CC(CO)NC(=O)C(C)(C)CCl. The van der Waals surface area contributed by atoms with Crippen molar-refractivity contribution in [2.75, 3.05) is 12.5 Å². The topological polar surface area (TPSA) is 49.3 Å². The van der Waals surface area contributed by atoms with E-state index in [1.54, 1.807) is 13.8 Å². The summed E-state index contributed by atoms with van der Waals surface area (Å²) in [4.78, 5) is 11.7. The molecule has 0 aliphatic rings. The Bertz CT molecular complexity index is 205. The molecular weight excluding hydrogens is 214 g/mol. The molecule has 0 aromatic rings. The molecule has 2 N–H and O–H groups in total. The first-order chi connectivity index (χ1) is 6.83. The molecule has 0 aromatic heterocycles. The van der Waals surface area contributed by atoms with Crippen LogP contribution in [-0.2, 0) is 4.79 Å². The third-order valence-corrected chi connectivity index (χ3v) is 2.93. The molecule has 0 fully saturated rings. The molecule has 4 heteroatoms. The van der Waals surface area contributed by atoms with Crippen molar-refractivity contribution in [2.24, 2.45) is 11.3 Å². The summed E-state index contributed by atoms with van der Waals surface area (Å²) in [6, 6.07) is -0.167. The molecule has 1 amide bonds. The Morgan fingerprint density at radius 3 is 2.33 bits per heavy atom. The van der Waals surface area contributed by atoms with E-state index in [4.69, 9.17) is 16.7 Å². The summed E-state index contributed by atoms with van der Waals surface area (Å²) in [5, 5.41) is 11.9. The van der Waals surface area contributed by atoms with E-state index in [0.717, 1.165) is 6.42 Å². The minimum atomic E-state index is -0.577. The maximum Gasteiger partial charge on any atom is 0.227 e. The molecule has 90 valence electrons. The van der Waals surface area contributed by atoms with E-state index in [1.807, 2.05) is 0 Å². The molecule has 0 saturated heterocycles. The van der Waals surface area contributed by atoms with Gasteiger partial charge in [0.25, 0.3) is 0 Å². The van der Waals surface area contributed by atoms with Crippen LogP contribution in [0.2, 0.25) is 0 Å². The van der Waals surface area contributed by atoms with Gasteiger partial charge in [0, 0.05) is 5.88 Å². The lowest BCUT2D eigenvalue weighted by atomic mass is 9.94. The van der Waals surface area contributed by atoms with Crippen molar-refractivity contribution in [1.82, 2.24) is 5.32 Å². The fraction of sp³-hybridized carbons (Fsp3) is 0.909. The number of alkyl halides is 1. The Labute approximate surface area is 97.2 Å². The Kier molecular flexibility index (Phi) is 6.22. The smallest absolute Gasteiger partial charge is 0.227 e. The van der Waals surface area contributed by atoms with Crippen LogP contribution in [0.1, 0.15) is 34.1 Å². The average Bonchev–Trinajstić information content (AvgIpc) is 2.15. The van der Waals surface area contributed by atoms with Gasteiger partial charge in [-0.2, -0.15) is 0 Å². The van der Waals surface area contributed by atoms with Crippen LogP contribution >= 0.6 is 11.6 Å². The van der Waals surface area contributed by atoms with Crippen molar-refractivity contribution in [3.05, 3.63) is 0 Å². The first kappa shape index (κ1) is 14.7. The van der Waals surface area contributed by atoms with Gasteiger partial charge >= 0.3 is 0 Å². The second kappa shape index (κ2) is 6.33. The average molecular weight is 236 g/mol. The lowest BCUT2D eigenvalue weighted by Crippen LogP contribution is -2.45. The highest BCUT2D eigenvalue weighted by Gasteiger charge is 2.28. The summed E-state index contributed by atoms with van der Waals surface area (Å²) < 4.78 is 0. The van der Waals surface area contributed by atoms with Gasteiger partial charge in [0.2, 0.25) is 5.91 Å². The molecule has 1 unspecified atom stereocenters. The number of nitrogens with one attached hydrogen (secondary N) is 1. The Morgan fingerprint density at radius 2 is 2.00 bits per heavy atom. The predicted octanol–water partition coefficient (Wildman–Crippen LogP) is 1.77. The molecule has 0 saturated carbocycles. The van der Waals surface area contributed by atoms with E-state index in [0.29, 0.717) is 5.92 Å². The summed E-state index contributed by atoms with van der Waals surface area (Å²) in [6.07, 6.45) is 0.778. The summed E-state index contributed by atoms with van der Waals surface area (Å²) in [5.41, 5.74) is -0.577. The van der Waals surface area contributed by atoms with E-state index >= 15 is 0 Å². The van der Waals surface area contributed by atoms with E-state index in [-0.39, 0.29) is 24.4 Å². The highest BCUT2D eigenvalue weighted by atomic mass is 35.5. The van der Waals surface area contributed by atoms with Crippen LogP contribution in [0.5, 0.6) is 0 Å². The van der Waals surface area contributed by atoms with Crippen molar-refractivity contribution in [3.63, 3.8) is 0 Å². The van der Waals surface area contributed by atoms with Gasteiger partial charge in [-0.3, -0.25) is 4.79 Å². The van der Waals surface area contributed by atoms with Crippen molar-refractivity contribution < 1.29 is 9.90 Å². The van der Waals surface area contributed by atoms with Gasteiger partial charge < -0.3 is 10.4 Å². The van der Waals surface area contributed by atoms with E-state index in [2.05, 4.69) is 19.2 Å².